The number of hydrogen-bond acceptors (Lipinski definition) is 1. The van der Waals surface area contributed by atoms with Gasteiger partial charge in [0.05, 0.1) is 6.61 Å². The molecule has 0 aromatic heterocycles. The minimum Gasteiger partial charge on any atom is -0.396 e. The lowest BCUT2D eigenvalue weighted by atomic mass is 10.0. The summed E-state index contributed by atoms with van der Waals surface area (Å²) >= 11 is 0. The van der Waals surface area contributed by atoms with Crippen LogP contribution in [0.4, 0.5) is 8.78 Å². The van der Waals surface area contributed by atoms with E-state index in [2.05, 4.69) is 0 Å². The topological polar surface area (TPSA) is 20.2 Å². The Balaban J connectivity index is 3.79. The lowest BCUT2D eigenvalue weighted by Crippen LogP contribution is -2.26. The van der Waals surface area contributed by atoms with Crippen molar-refractivity contribution >= 4 is 0 Å². The van der Waals surface area contributed by atoms with E-state index in [9.17, 15) is 8.78 Å². The third-order valence-corrected chi connectivity index (χ3v) is 1.43. The Bertz CT molecular complexity index is 73.6. The maximum atomic E-state index is 12.2. The van der Waals surface area contributed by atoms with Crippen LogP contribution in [0.1, 0.15) is 20.3 Å². The second-order valence-corrected chi connectivity index (χ2v) is 2.24. The molecule has 0 bridgehead atoms. The van der Waals surface area contributed by atoms with Crippen LogP contribution in [-0.4, -0.2) is 17.6 Å². The van der Waals surface area contributed by atoms with Crippen molar-refractivity contribution < 1.29 is 13.9 Å². The number of halogens is 2. The smallest absolute Gasteiger partial charge is 0.250 e. The first-order valence-corrected chi connectivity index (χ1v) is 3.01. The molecule has 0 aliphatic carbocycles. The first kappa shape index (κ1) is 8.82. The van der Waals surface area contributed by atoms with Gasteiger partial charge in [-0.25, -0.2) is 8.78 Å². The first-order valence-electron chi connectivity index (χ1n) is 3.01. The van der Waals surface area contributed by atoms with Gasteiger partial charge in [0.25, 0.3) is 0 Å². The van der Waals surface area contributed by atoms with Crippen LogP contribution in [-0.2, 0) is 0 Å². The van der Waals surface area contributed by atoms with Gasteiger partial charge in [-0.2, -0.15) is 0 Å². The molecule has 0 amide bonds. The molecule has 0 heterocycles. The van der Waals surface area contributed by atoms with Crippen molar-refractivity contribution in [1.82, 2.24) is 0 Å². The number of hydrogen-bond donors (Lipinski definition) is 1. The third kappa shape index (κ3) is 2.75. The molecule has 0 aliphatic rings. The molecule has 0 saturated heterocycles. The summed E-state index contributed by atoms with van der Waals surface area (Å²) in [4.78, 5) is 0. The second kappa shape index (κ2) is 3.11. The molecule has 0 spiro atoms. The van der Waals surface area contributed by atoms with Crippen LogP contribution in [0.25, 0.3) is 0 Å². The highest BCUT2D eigenvalue weighted by Gasteiger charge is 2.31. The molecule has 0 saturated carbocycles. The van der Waals surface area contributed by atoms with Crippen LogP contribution in [0.15, 0.2) is 0 Å². The van der Waals surface area contributed by atoms with E-state index in [1.54, 1.807) is 6.92 Å². The zero-order chi connectivity index (χ0) is 7.49. The highest BCUT2D eigenvalue weighted by atomic mass is 19.3. The molecule has 1 N–H and O–H groups in total. The van der Waals surface area contributed by atoms with Gasteiger partial charge in [-0.05, 0) is 13.3 Å². The van der Waals surface area contributed by atoms with E-state index in [0.29, 0.717) is 6.42 Å². The molecule has 0 fully saturated rings. The fourth-order valence-electron chi connectivity index (χ4n) is 0.648. The molecule has 1 unspecified atom stereocenters. The summed E-state index contributed by atoms with van der Waals surface area (Å²) in [5.74, 6) is -3.61. The minimum atomic E-state index is -2.73. The number of aliphatic hydroxyl groups excluding tert-OH is 1. The maximum absolute atomic E-state index is 12.2. The van der Waals surface area contributed by atoms with Crippen LogP contribution in [0, 0.1) is 5.92 Å². The van der Waals surface area contributed by atoms with Gasteiger partial charge >= 0.3 is 0 Å². The second-order valence-electron chi connectivity index (χ2n) is 2.24. The maximum Gasteiger partial charge on any atom is 0.250 e. The Morgan fingerprint density at radius 3 is 2.00 bits per heavy atom. The summed E-state index contributed by atoms with van der Waals surface area (Å²) in [6.45, 7) is 2.04. The summed E-state index contributed by atoms with van der Waals surface area (Å²) < 4.78 is 24.5. The highest BCUT2D eigenvalue weighted by Crippen LogP contribution is 2.25. The lowest BCUT2D eigenvalue weighted by Gasteiger charge is -2.18. The van der Waals surface area contributed by atoms with Crippen LogP contribution < -0.4 is 0 Å². The minimum absolute atomic E-state index is 0.319. The zero-order valence-corrected chi connectivity index (χ0v) is 5.69. The Kier molecular flexibility index (Phi) is 3.04. The Morgan fingerprint density at radius 2 is 2.00 bits per heavy atom. The predicted octanol–water partition coefficient (Wildman–Crippen LogP) is 1.66. The summed E-state index contributed by atoms with van der Waals surface area (Å²) in [6, 6.07) is 0. The normalized spacial score (nSPS) is 15.7. The van der Waals surface area contributed by atoms with Crippen molar-refractivity contribution in [2.45, 2.75) is 26.2 Å². The van der Waals surface area contributed by atoms with Crippen LogP contribution in [0.2, 0.25) is 0 Å². The van der Waals surface area contributed by atoms with Crippen molar-refractivity contribution in [1.29, 1.82) is 0 Å². The number of alkyl halides is 2. The fraction of sp³-hybridized carbons (Fsp3) is 1.00. The predicted molar refractivity (Wildman–Crippen MR) is 31.5 cm³/mol. The molecule has 56 valence electrons. The van der Waals surface area contributed by atoms with Gasteiger partial charge in [-0.1, -0.05) is 6.92 Å². The number of aliphatic hydroxyl groups is 1. The van der Waals surface area contributed by atoms with E-state index in [-0.39, 0.29) is 0 Å². The SMILES string of the molecule is CCC(CO)C(C)(F)F. The van der Waals surface area contributed by atoms with Gasteiger partial charge in [0.2, 0.25) is 5.92 Å². The van der Waals surface area contributed by atoms with Crippen LogP contribution in [0.3, 0.4) is 0 Å². The molecule has 9 heavy (non-hydrogen) atoms. The Hall–Kier alpha value is -0.180. The van der Waals surface area contributed by atoms with Crippen molar-refractivity contribution in [3.05, 3.63) is 0 Å². The Morgan fingerprint density at radius 1 is 1.56 bits per heavy atom. The van der Waals surface area contributed by atoms with E-state index in [4.69, 9.17) is 5.11 Å². The fourth-order valence-corrected chi connectivity index (χ4v) is 0.648. The van der Waals surface area contributed by atoms with Gasteiger partial charge < -0.3 is 5.11 Å². The van der Waals surface area contributed by atoms with Gasteiger partial charge in [-0.3, -0.25) is 0 Å². The highest BCUT2D eigenvalue weighted by molar-refractivity contribution is 4.69. The molecule has 0 aromatic carbocycles. The van der Waals surface area contributed by atoms with Crippen LogP contribution in [0.5, 0.6) is 0 Å². The quantitative estimate of drug-likeness (QED) is 0.628. The standard InChI is InChI=1S/C6H12F2O/c1-3-5(4-9)6(2,7)8/h5,9H,3-4H2,1-2H3. The molecule has 1 nitrogen and oxygen atoms in total. The molecule has 0 aromatic rings. The van der Waals surface area contributed by atoms with E-state index >= 15 is 0 Å². The van der Waals surface area contributed by atoms with E-state index < -0.39 is 18.4 Å². The average molecular weight is 138 g/mol. The summed E-state index contributed by atoms with van der Waals surface area (Å²) in [6.07, 6.45) is 0.319. The molecule has 1 atom stereocenters. The van der Waals surface area contributed by atoms with Gasteiger partial charge in [0.1, 0.15) is 0 Å². The molecule has 0 radical (unpaired) electrons. The van der Waals surface area contributed by atoms with Gasteiger partial charge in [0.15, 0.2) is 0 Å². The monoisotopic (exact) mass is 138 g/mol. The Labute approximate surface area is 53.7 Å². The van der Waals surface area contributed by atoms with E-state index in [0.717, 1.165) is 6.92 Å². The van der Waals surface area contributed by atoms with E-state index in [1.807, 2.05) is 0 Å². The first-order chi connectivity index (χ1) is 4.02. The van der Waals surface area contributed by atoms with Crippen molar-refractivity contribution in [3.8, 4) is 0 Å². The summed E-state index contributed by atoms with van der Waals surface area (Å²) in [5, 5.41) is 8.38. The lowest BCUT2D eigenvalue weighted by molar-refractivity contribution is -0.0602. The molecule has 3 heteroatoms. The van der Waals surface area contributed by atoms with Gasteiger partial charge in [0, 0.05) is 5.92 Å². The summed E-state index contributed by atoms with van der Waals surface area (Å²) in [7, 11) is 0. The van der Waals surface area contributed by atoms with E-state index in [1.165, 1.54) is 0 Å². The summed E-state index contributed by atoms with van der Waals surface area (Å²) in [5.41, 5.74) is 0. The van der Waals surface area contributed by atoms with Gasteiger partial charge in [-0.15, -0.1) is 0 Å². The average Bonchev–Trinajstić information content (AvgIpc) is 1.65. The molecular weight excluding hydrogens is 126 g/mol. The van der Waals surface area contributed by atoms with Crippen LogP contribution >= 0.6 is 0 Å². The van der Waals surface area contributed by atoms with Crippen molar-refractivity contribution in [2.75, 3.05) is 6.61 Å². The third-order valence-electron chi connectivity index (χ3n) is 1.43. The molecular formula is C6H12F2O. The largest absolute Gasteiger partial charge is 0.396 e. The van der Waals surface area contributed by atoms with Crippen molar-refractivity contribution in [2.24, 2.45) is 5.92 Å². The van der Waals surface area contributed by atoms with Crippen molar-refractivity contribution in [3.63, 3.8) is 0 Å². The molecule has 0 aliphatic heterocycles. The number of rotatable bonds is 3. The zero-order valence-electron chi connectivity index (χ0n) is 5.69. The molecule has 0 rings (SSSR count).